The molecule has 11 rings (SSSR count). The summed E-state index contributed by atoms with van der Waals surface area (Å²) >= 11 is 0. The standard InChI is InChI=1S/C53H56FN13O5/c1-5-37-39(17-21-56-49(37)66-29-28-65(53(66)71)36-8-7-20-55-32-36)38-13-12-35(67-51(72-4)59-61(3)52(67)70)31-42(38)33-11-15-44(43(54)30-33)63-22-18-34(19-23-63)62-24-26-64(27-25-62)45-10-6-9-40-47(58-60(2)48(40)45)41-14-16-46(68)57-50(41)69/h6-13,15,17,20-21,30-32,34,41H,5,14,16,18-19,22-29H2,1-4H3,(H,57,68,69). The van der Waals surface area contributed by atoms with Crippen molar-refractivity contribution in [2.45, 2.75) is 51.0 Å². The number of piperidine rings is 2. The van der Waals surface area contributed by atoms with Crippen LogP contribution in [0.4, 0.5) is 32.1 Å². The van der Waals surface area contributed by atoms with Crippen LogP contribution in [0.5, 0.6) is 6.01 Å². The molecular weight excluding hydrogens is 918 g/mol. The maximum absolute atomic E-state index is 16.8. The fourth-order valence-corrected chi connectivity index (χ4v) is 11.3. The number of nitrogens with one attached hydrogen (secondary N) is 1. The molecule has 0 saturated carbocycles. The minimum absolute atomic E-state index is 0.114. The highest BCUT2D eigenvalue weighted by Crippen LogP contribution is 2.41. The van der Waals surface area contributed by atoms with Crippen molar-refractivity contribution in [2.75, 3.05) is 79.1 Å². The Morgan fingerprint density at radius 3 is 2.26 bits per heavy atom. The van der Waals surface area contributed by atoms with Crippen LogP contribution in [0.15, 0.2) is 96.2 Å². The van der Waals surface area contributed by atoms with Gasteiger partial charge in [-0.1, -0.05) is 31.2 Å². The molecule has 4 aliphatic rings. The molecule has 4 amide bonds. The van der Waals surface area contributed by atoms with Crippen LogP contribution in [0.25, 0.3) is 38.8 Å². The van der Waals surface area contributed by atoms with Crippen LogP contribution in [0.3, 0.4) is 0 Å². The second-order valence-electron chi connectivity index (χ2n) is 18.9. The average molecular weight is 974 g/mol. The molecule has 4 aromatic heterocycles. The molecule has 4 aliphatic heterocycles. The van der Waals surface area contributed by atoms with Crippen LogP contribution < -0.4 is 35.3 Å². The molecule has 8 heterocycles. The third-order valence-corrected chi connectivity index (χ3v) is 14.9. The average Bonchev–Trinajstić information content (AvgIpc) is 4.06. The Morgan fingerprint density at radius 2 is 1.53 bits per heavy atom. The summed E-state index contributed by atoms with van der Waals surface area (Å²) in [5.41, 5.74) is 7.92. The van der Waals surface area contributed by atoms with E-state index in [0.29, 0.717) is 91.2 Å². The van der Waals surface area contributed by atoms with Gasteiger partial charge in [-0.05, 0) is 96.5 Å². The lowest BCUT2D eigenvalue weighted by Gasteiger charge is -2.44. The van der Waals surface area contributed by atoms with E-state index in [1.54, 1.807) is 47.6 Å². The van der Waals surface area contributed by atoms with Gasteiger partial charge in [-0.3, -0.25) is 39.3 Å². The molecule has 4 saturated heterocycles. The Morgan fingerprint density at radius 1 is 0.736 bits per heavy atom. The number of piperazine rings is 1. The second kappa shape index (κ2) is 19.0. The summed E-state index contributed by atoms with van der Waals surface area (Å²) in [5, 5.41) is 12.5. The number of aryl methyl sites for hydroxylation is 2. The van der Waals surface area contributed by atoms with Crippen LogP contribution in [-0.4, -0.2) is 122 Å². The van der Waals surface area contributed by atoms with E-state index in [2.05, 4.69) is 36.2 Å². The molecule has 7 aromatic rings. The number of rotatable bonds is 11. The number of pyridine rings is 2. The summed E-state index contributed by atoms with van der Waals surface area (Å²) in [6, 6.07) is 23.0. The van der Waals surface area contributed by atoms with Gasteiger partial charge in [0, 0.05) is 102 Å². The largest absolute Gasteiger partial charge is 0.467 e. The van der Waals surface area contributed by atoms with Gasteiger partial charge in [-0.2, -0.15) is 5.10 Å². The Hall–Kier alpha value is -7.93. The number of para-hydroxylation sites is 1. The van der Waals surface area contributed by atoms with Crippen LogP contribution in [0.1, 0.15) is 49.8 Å². The van der Waals surface area contributed by atoms with E-state index in [9.17, 15) is 19.2 Å². The van der Waals surface area contributed by atoms with Crippen molar-refractivity contribution in [2.24, 2.45) is 14.1 Å². The number of halogens is 1. The molecule has 1 atom stereocenters. The van der Waals surface area contributed by atoms with Crippen molar-refractivity contribution in [3.63, 3.8) is 0 Å². The fraction of sp³-hybridized carbons (Fsp3) is 0.358. The molecule has 0 spiro atoms. The van der Waals surface area contributed by atoms with Gasteiger partial charge in [0.2, 0.25) is 11.8 Å². The summed E-state index contributed by atoms with van der Waals surface area (Å²) < 4.78 is 26.8. The summed E-state index contributed by atoms with van der Waals surface area (Å²) in [5.74, 6) is -0.773. The van der Waals surface area contributed by atoms with E-state index in [1.165, 1.54) is 16.4 Å². The predicted octanol–water partition coefficient (Wildman–Crippen LogP) is 6.05. The fourth-order valence-electron chi connectivity index (χ4n) is 11.3. The summed E-state index contributed by atoms with van der Waals surface area (Å²) in [4.78, 5) is 71.5. The van der Waals surface area contributed by atoms with Crippen LogP contribution in [-0.2, 0) is 30.1 Å². The van der Waals surface area contributed by atoms with E-state index in [0.717, 1.165) is 72.3 Å². The van der Waals surface area contributed by atoms with Crippen molar-refractivity contribution >= 4 is 51.6 Å². The predicted molar refractivity (Wildman–Crippen MR) is 273 cm³/mol. The van der Waals surface area contributed by atoms with E-state index in [-0.39, 0.29) is 29.7 Å². The highest BCUT2D eigenvalue weighted by molar-refractivity contribution is 6.07. The highest BCUT2D eigenvalue weighted by atomic mass is 19.1. The summed E-state index contributed by atoms with van der Waals surface area (Å²) in [6.07, 6.45) is 8.15. The van der Waals surface area contributed by atoms with E-state index >= 15 is 4.39 Å². The minimum Gasteiger partial charge on any atom is -0.467 e. The van der Waals surface area contributed by atoms with Gasteiger partial charge in [-0.15, -0.1) is 5.10 Å². The first kappa shape index (κ1) is 46.5. The number of carbonyl (C=O) groups excluding carboxylic acids is 3. The van der Waals surface area contributed by atoms with E-state index < -0.39 is 11.6 Å². The van der Waals surface area contributed by atoms with E-state index in [1.807, 2.05) is 73.3 Å². The molecule has 1 unspecified atom stereocenters. The zero-order valence-electron chi connectivity index (χ0n) is 40.8. The van der Waals surface area contributed by atoms with Crippen molar-refractivity contribution in [1.82, 2.24) is 44.3 Å². The Balaban J connectivity index is 0.825. The quantitative estimate of drug-likeness (QED) is 0.149. The molecule has 370 valence electrons. The Bertz CT molecular complexity index is 3300. The maximum Gasteiger partial charge on any atom is 0.353 e. The van der Waals surface area contributed by atoms with Gasteiger partial charge < -0.3 is 14.5 Å². The minimum atomic E-state index is -0.459. The second-order valence-corrected chi connectivity index (χ2v) is 18.9. The normalized spacial score (nSPS) is 18.2. The topological polar surface area (TPSA) is 172 Å². The lowest BCUT2D eigenvalue weighted by Crippen LogP contribution is -2.53. The number of fused-ring (bicyclic) bond motifs is 1. The van der Waals surface area contributed by atoms with Gasteiger partial charge in [0.25, 0.3) is 0 Å². The number of imide groups is 1. The number of anilines is 4. The number of urea groups is 1. The molecule has 72 heavy (non-hydrogen) atoms. The zero-order valence-corrected chi connectivity index (χ0v) is 40.8. The Labute approximate surface area is 415 Å². The van der Waals surface area contributed by atoms with Gasteiger partial charge in [0.1, 0.15) is 11.6 Å². The number of nitrogens with zero attached hydrogens (tertiary/aromatic N) is 12. The first-order valence-corrected chi connectivity index (χ1v) is 24.7. The highest BCUT2D eigenvalue weighted by Gasteiger charge is 2.36. The van der Waals surface area contributed by atoms with E-state index in [4.69, 9.17) is 14.8 Å². The first-order valence-electron chi connectivity index (χ1n) is 24.7. The third-order valence-electron chi connectivity index (χ3n) is 14.9. The monoisotopic (exact) mass is 973 g/mol. The smallest absolute Gasteiger partial charge is 0.353 e. The third kappa shape index (κ3) is 8.20. The van der Waals surface area contributed by atoms with Gasteiger partial charge in [0.05, 0.1) is 53.2 Å². The molecule has 0 radical (unpaired) electrons. The number of amides is 4. The molecule has 4 fully saturated rings. The zero-order chi connectivity index (χ0) is 49.8. The molecule has 19 heteroatoms. The van der Waals surface area contributed by atoms with Gasteiger partial charge in [-0.25, -0.2) is 28.2 Å². The molecule has 1 N–H and O–H groups in total. The van der Waals surface area contributed by atoms with Crippen LogP contribution >= 0.6 is 0 Å². The SMILES string of the molecule is CCc1c(-c2ccc(-n3c(OC)nn(C)c3=O)cc2-c2ccc(N3CCC(N4CCN(c5cccc6c(C7CCC(=O)NC7=O)nn(C)c56)CC4)CC3)c(F)c2)ccnc1N1CCN(c2cccnc2)C1=O. The number of benzene rings is 3. The number of carbonyl (C=O) groups is 3. The molecule has 18 nitrogen and oxygen atoms in total. The van der Waals surface area contributed by atoms with Crippen LogP contribution in [0.2, 0.25) is 0 Å². The molecular formula is C53H56FN13O5. The molecule has 0 aliphatic carbocycles. The van der Waals surface area contributed by atoms with Crippen LogP contribution in [0, 0.1) is 5.82 Å². The lowest BCUT2D eigenvalue weighted by atomic mass is 9.90. The molecule has 3 aromatic carbocycles. The number of hydrogen-bond donors (Lipinski definition) is 1. The summed E-state index contributed by atoms with van der Waals surface area (Å²) in [6.45, 7) is 7.80. The Kier molecular flexibility index (Phi) is 12.3. The number of hydrogen-bond acceptors (Lipinski definition) is 12. The van der Waals surface area contributed by atoms with Gasteiger partial charge >= 0.3 is 17.7 Å². The lowest BCUT2D eigenvalue weighted by molar-refractivity contribution is -0.134. The van der Waals surface area contributed by atoms with Crippen molar-refractivity contribution < 1.29 is 23.5 Å². The number of ether oxygens (including phenoxy) is 1. The molecule has 0 bridgehead atoms. The maximum atomic E-state index is 16.8. The van der Waals surface area contributed by atoms with Gasteiger partial charge in [0.15, 0.2) is 0 Å². The number of aromatic nitrogens is 7. The first-order chi connectivity index (χ1) is 35.0. The number of methoxy groups -OCH3 is 1. The van der Waals surface area contributed by atoms with Crippen molar-refractivity contribution in [3.05, 3.63) is 119 Å². The summed E-state index contributed by atoms with van der Waals surface area (Å²) in [7, 11) is 4.93. The van der Waals surface area contributed by atoms with Crippen molar-refractivity contribution in [1.29, 1.82) is 0 Å². The van der Waals surface area contributed by atoms with Crippen molar-refractivity contribution in [3.8, 4) is 34.0 Å².